The molecule has 1 atom stereocenters. The average molecular weight is 587 g/mol. The van der Waals surface area contributed by atoms with E-state index in [-0.39, 0.29) is 35.3 Å². The van der Waals surface area contributed by atoms with Gasteiger partial charge in [0.25, 0.3) is 10.0 Å². The van der Waals surface area contributed by atoms with Crippen molar-refractivity contribution in [2.75, 3.05) is 17.8 Å². The Bertz CT molecular complexity index is 1880. The van der Waals surface area contributed by atoms with E-state index in [0.717, 1.165) is 27.7 Å². The minimum atomic E-state index is -3.99. The number of aromatic nitrogens is 6. The first kappa shape index (κ1) is 27.4. The van der Waals surface area contributed by atoms with Gasteiger partial charge in [0.05, 0.1) is 18.4 Å². The van der Waals surface area contributed by atoms with Crippen molar-refractivity contribution in [3.63, 3.8) is 0 Å². The second-order valence-electron chi connectivity index (χ2n) is 10.4. The summed E-state index contributed by atoms with van der Waals surface area (Å²) in [7, 11) is -2.36. The largest absolute Gasteiger partial charge is 0.472 e. The highest BCUT2D eigenvalue weighted by atomic mass is 32.2. The summed E-state index contributed by atoms with van der Waals surface area (Å²) in [5.74, 6) is 0.0615. The number of fused-ring (bicyclic) bond motifs is 1. The Hall–Kier alpha value is -4.78. The SMILES string of the molecule is Cc1cccc(C)c1-c1cc(OC2CCN(C(=O)Cn3ccc4cccnc43)C2)nc(NS(=O)(=O)c2cnn(C)c2)n1. The molecule has 0 radical (unpaired) electrons. The van der Waals surface area contributed by atoms with Crippen LogP contribution in [0.3, 0.4) is 0 Å². The van der Waals surface area contributed by atoms with E-state index in [4.69, 9.17) is 4.74 Å². The number of carbonyl (C=O) groups excluding carboxylic acids is 1. The van der Waals surface area contributed by atoms with Gasteiger partial charge in [-0.2, -0.15) is 10.1 Å². The molecule has 1 aliphatic heterocycles. The van der Waals surface area contributed by atoms with Crippen molar-refractivity contribution in [3.8, 4) is 17.1 Å². The van der Waals surface area contributed by atoms with Crippen LogP contribution in [0.2, 0.25) is 0 Å². The second kappa shape index (κ2) is 10.9. The molecule has 1 aliphatic rings. The van der Waals surface area contributed by atoms with Gasteiger partial charge in [0, 0.05) is 55.6 Å². The highest BCUT2D eigenvalue weighted by Gasteiger charge is 2.29. The number of nitrogens with one attached hydrogen (secondary N) is 1. The van der Waals surface area contributed by atoms with Crippen molar-refractivity contribution < 1.29 is 17.9 Å². The van der Waals surface area contributed by atoms with Gasteiger partial charge in [-0.15, -0.1) is 0 Å². The summed E-state index contributed by atoms with van der Waals surface area (Å²) in [6, 6.07) is 13.4. The van der Waals surface area contributed by atoms with Gasteiger partial charge in [0.1, 0.15) is 23.2 Å². The molecule has 0 bridgehead atoms. The van der Waals surface area contributed by atoms with Gasteiger partial charge in [-0.3, -0.25) is 9.48 Å². The number of nitrogens with zero attached hydrogens (tertiary/aromatic N) is 7. The molecular weight excluding hydrogens is 556 g/mol. The predicted octanol–water partition coefficient (Wildman–Crippen LogP) is 3.32. The molecule has 42 heavy (non-hydrogen) atoms. The Balaban J connectivity index is 1.23. The van der Waals surface area contributed by atoms with Crippen LogP contribution in [0.4, 0.5) is 5.95 Å². The Labute approximate surface area is 243 Å². The molecule has 1 amide bonds. The van der Waals surface area contributed by atoms with E-state index in [9.17, 15) is 13.2 Å². The van der Waals surface area contributed by atoms with E-state index in [1.165, 1.54) is 17.1 Å². The number of benzene rings is 1. The van der Waals surface area contributed by atoms with Crippen LogP contribution in [-0.2, 0) is 28.4 Å². The van der Waals surface area contributed by atoms with Crippen molar-refractivity contribution in [1.29, 1.82) is 0 Å². The number of amides is 1. The van der Waals surface area contributed by atoms with Gasteiger partial charge in [0.2, 0.25) is 17.7 Å². The van der Waals surface area contributed by atoms with Crippen LogP contribution in [0.1, 0.15) is 17.5 Å². The van der Waals surface area contributed by atoms with Gasteiger partial charge in [0.15, 0.2) is 0 Å². The second-order valence-corrected chi connectivity index (χ2v) is 12.0. The molecule has 12 nitrogen and oxygen atoms in total. The van der Waals surface area contributed by atoms with Gasteiger partial charge in [-0.05, 0) is 43.2 Å². The van der Waals surface area contributed by atoms with Crippen molar-refractivity contribution in [3.05, 3.63) is 78.4 Å². The summed E-state index contributed by atoms with van der Waals surface area (Å²) in [6.45, 7) is 5.02. The van der Waals surface area contributed by atoms with Crippen LogP contribution >= 0.6 is 0 Å². The monoisotopic (exact) mass is 586 g/mol. The van der Waals surface area contributed by atoms with Crippen molar-refractivity contribution in [2.45, 2.75) is 37.8 Å². The fourth-order valence-corrected chi connectivity index (χ4v) is 6.14. The highest BCUT2D eigenvalue weighted by molar-refractivity contribution is 7.92. The number of hydrogen-bond acceptors (Lipinski definition) is 8. The van der Waals surface area contributed by atoms with Gasteiger partial charge in [-0.25, -0.2) is 23.1 Å². The molecule has 1 N–H and O–H groups in total. The maximum absolute atomic E-state index is 13.1. The van der Waals surface area contributed by atoms with E-state index in [2.05, 4.69) is 24.8 Å². The molecule has 0 saturated carbocycles. The van der Waals surface area contributed by atoms with Crippen molar-refractivity contribution in [1.82, 2.24) is 34.2 Å². The van der Waals surface area contributed by atoms with Gasteiger partial charge in [-0.1, -0.05) is 18.2 Å². The van der Waals surface area contributed by atoms with Gasteiger partial charge >= 0.3 is 0 Å². The Morgan fingerprint density at radius 2 is 1.93 bits per heavy atom. The molecule has 216 valence electrons. The van der Waals surface area contributed by atoms with E-state index in [1.807, 2.05) is 61.0 Å². The Morgan fingerprint density at radius 3 is 2.69 bits per heavy atom. The molecular formula is C29H30N8O4S. The number of pyridine rings is 1. The third-order valence-electron chi connectivity index (χ3n) is 7.27. The fraction of sp³-hybridized carbons (Fsp3) is 0.276. The van der Waals surface area contributed by atoms with Crippen molar-refractivity contribution >= 4 is 32.9 Å². The molecule has 0 spiro atoms. The van der Waals surface area contributed by atoms with Gasteiger partial charge < -0.3 is 14.2 Å². The normalized spacial score (nSPS) is 15.3. The summed E-state index contributed by atoms with van der Waals surface area (Å²) < 4.78 is 38.1. The zero-order chi connectivity index (χ0) is 29.4. The molecule has 0 aliphatic carbocycles. The summed E-state index contributed by atoms with van der Waals surface area (Å²) in [5.41, 5.74) is 4.11. The molecule has 4 aromatic heterocycles. The molecule has 13 heteroatoms. The minimum Gasteiger partial charge on any atom is -0.472 e. The van der Waals surface area contributed by atoms with Crippen LogP contribution in [0.25, 0.3) is 22.3 Å². The van der Waals surface area contributed by atoms with Crippen LogP contribution in [0, 0.1) is 13.8 Å². The number of aryl methyl sites for hydroxylation is 3. The van der Waals surface area contributed by atoms with Crippen LogP contribution < -0.4 is 9.46 Å². The third-order valence-corrected chi connectivity index (χ3v) is 8.55. The number of carbonyl (C=O) groups is 1. The first-order chi connectivity index (χ1) is 20.2. The topological polar surface area (TPSA) is 137 Å². The third kappa shape index (κ3) is 5.55. The fourth-order valence-electron chi connectivity index (χ4n) is 5.21. The highest BCUT2D eigenvalue weighted by Crippen LogP contribution is 2.30. The number of ether oxygens (including phenoxy) is 1. The lowest BCUT2D eigenvalue weighted by atomic mass is 10.00. The summed E-state index contributed by atoms with van der Waals surface area (Å²) in [4.78, 5) is 28.2. The maximum Gasteiger partial charge on any atom is 0.267 e. The lowest BCUT2D eigenvalue weighted by molar-refractivity contribution is -0.131. The zero-order valence-electron chi connectivity index (χ0n) is 23.4. The summed E-state index contributed by atoms with van der Waals surface area (Å²) >= 11 is 0. The molecule has 1 unspecified atom stereocenters. The standard InChI is InChI=1S/C29H30N8O4S/c1-19-6-4-7-20(2)27(19)24-14-25(33-29(32-24)34-42(39,40)23-15-31-35(3)17-23)41-22-10-13-36(16-22)26(38)18-37-12-9-21-8-5-11-30-28(21)37/h4-9,11-12,14-15,17,22H,10,13,16,18H2,1-3H3,(H,32,33,34). The maximum atomic E-state index is 13.1. The predicted molar refractivity (Wildman–Crippen MR) is 156 cm³/mol. The Morgan fingerprint density at radius 1 is 1.12 bits per heavy atom. The first-order valence-electron chi connectivity index (χ1n) is 13.5. The lowest BCUT2D eigenvalue weighted by Crippen LogP contribution is -2.33. The van der Waals surface area contributed by atoms with E-state index in [1.54, 1.807) is 24.2 Å². The van der Waals surface area contributed by atoms with E-state index >= 15 is 0 Å². The molecule has 5 aromatic rings. The molecule has 1 fully saturated rings. The molecule has 6 rings (SSSR count). The van der Waals surface area contributed by atoms with E-state index < -0.39 is 10.0 Å². The minimum absolute atomic E-state index is 0.0100. The van der Waals surface area contributed by atoms with Crippen LogP contribution in [0.5, 0.6) is 5.88 Å². The van der Waals surface area contributed by atoms with Crippen molar-refractivity contribution in [2.24, 2.45) is 7.05 Å². The number of rotatable bonds is 8. The number of likely N-dealkylation sites (tertiary alicyclic amines) is 1. The van der Waals surface area contributed by atoms with Crippen LogP contribution in [-0.4, -0.2) is 67.7 Å². The smallest absolute Gasteiger partial charge is 0.267 e. The van der Waals surface area contributed by atoms with Crippen LogP contribution in [0.15, 0.2) is 72.1 Å². The summed E-state index contributed by atoms with van der Waals surface area (Å²) in [6.07, 6.45) is 6.51. The number of hydrogen-bond donors (Lipinski definition) is 1. The molecule has 1 aromatic carbocycles. The Kier molecular flexibility index (Phi) is 7.11. The quantitative estimate of drug-likeness (QED) is 0.292. The molecule has 5 heterocycles. The average Bonchev–Trinajstić information content (AvgIpc) is 3.69. The van der Waals surface area contributed by atoms with E-state index in [0.29, 0.717) is 25.2 Å². The zero-order valence-corrected chi connectivity index (χ0v) is 24.2. The number of sulfonamides is 1. The lowest BCUT2D eigenvalue weighted by Gasteiger charge is -2.18. The first-order valence-corrected chi connectivity index (χ1v) is 15.0. The number of anilines is 1. The molecule has 1 saturated heterocycles. The summed E-state index contributed by atoms with van der Waals surface area (Å²) in [5, 5.41) is 4.93.